The van der Waals surface area contributed by atoms with Crippen LogP contribution in [0.4, 0.5) is 10.1 Å². The Labute approximate surface area is 201 Å². The Bertz CT molecular complexity index is 1110. The van der Waals surface area contributed by atoms with E-state index in [9.17, 15) is 9.18 Å². The molecule has 1 amide bonds. The molecular weight excluding hydrogens is 467 g/mol. The summed E-state index contributed by atoms with van der Waals surface area (Å²) in [6.07, 6.45) is 5.03. The second-order valence-electron chi connectivity index (χ2n) is 7.80. The van der Waals surface area contributed by atoms with Crippen molar-refractivity contribution in [3.8, 4) is 5.75 Å². The first-order chi connectivity index (χ1) is 15.9. The lowest BCUT2D eigenvalue weighted by Gasteiger charge is -2.27. The predicted octanol–water partition coefficient (Wildman–Crippen LogP) is 3.65. The molecule has 2 aliphatic rings. The summed E-state index contributed by atoms with van der Waals surface area (Å²) >= 11 is 11.6. The number of carbonyl (C=O) groups excluding carboxylic acids is 1. The van der Waals surface area contributed by atoms with Crippen molar-refractivity contribution in [2.24, 2.45) is 0 Å². The second-order valence-corrected chi connectivity index (χ2v) is 8.62. The lowest BCUT2D eigenvalue weighted by Crippen LogP contribution is -2.39. The Balaban J connectivity index is 1.51. The van der Waals surface area contributed by atoms with Gasteiger partial charge in [0, 0.05) is 60.7 Å². The molecule has 2 aliphatic heterocycles. The summed E-state index contributed by atoms with van der Waals surface area (Å²) in [6.45, 7) is 3.89. The Hall–Kier alpha value is -2.75. The number of anilines is 1. The Kier molecular flexibility index (Phi) is 7.42. The van der Waals surface area contributed by atoms with Gasteiger partial charge in [-0.3, -0.25) is 9.78 Å². The first-order valence-electron chi connectivity index (χ1n) is 10.6. The number of hydrogen-bond acceptors (Lipinski definition) is 6. The number of halogens is 2. The van der Waals surface area contributed by atoms with Gasteiger partial charge in [-0.2, -0.15) is 0 Å². The van der Waals surface area contributed by atoms with E-state index in [1.54, 1.807) is 19.3 Å². The quantitative estimate of drug-likeness (QED) is 0.487. The molecule has 3 heterocycles. The Morgan fingerprint density at radius 1 is 1.45 bits per heavy atom. The first kappa shape index (κ1) is 23.4. The van der Waals surface area contributed by atoms with Crippen LogP contribution in [-0.4, -0.2) is 41.7 Å². The van der Waals surface area contributed by atoms with Gasteiger partial charge in [0.25, 0.3) is 5.91 Å². The summed E-state index contributed by atoms with van der Waals surface area (Å²) in [5.41, 5.74) is 2.96. The predicted molar refractivity (Wildman–Crippen MR) is 128 cm³/mol. The lowest BCUT2D eigenvalue weighted by atomic mass is 10.1. The molecule has 1 atom stereocenters. The largest absolute Gasteiger partial charge is 0.489 e. The molecule has 1 aromatic carbocycles. The summed E-state index contributed by atoms with van der Waals surface area (Å²) in [6, 6.07) is 4.40. The van der Waals surface area contributed by atoms with Crippen LogP contribution in [0.2, 0.25) is 5.02 Å². The minimum absolute atomic E-state index is 0.116. The van der Waals surface area contributed by atoms with Crippen molar-refractivity contribution in [3.63, 3.8) is 0 Å². The van der Waals surface area contributed by atoms with E-state index in [1.807, 2.05) is 6.07 Å². The van der Waals surface area contributed by atoms with Crippen LogP contribution in [0.15, 0.2) is 41.9 Å². The maximum absolute atomic E-state index is 13.8. The smallest absolute Gasteiger partial charge is 0.256 e. The molecule has 1 unspecified atom stereocenters. The molecule has 10 heteroatoms. The van der Waals surface area contributed by atoms with Gasteiger partial charge in [0.1, 0.15) is 23.2 Å². The highest BCUT2D eigenvalue weighted by Gasteiger charge is 2.25. The van der Waals surface area contributed by atoms with Gasteiger partial charge < -0.3 is 25.4 Å². The maximum Gasteiger partial charge on any atom is 0.256 e. The number of nitrogens with one attached hydrogen (secondary N) is 3. The first-order valence-corrected chi connectivity index (χ1v) is 11.4. The van der Waals surface area contributed by atoms with Gasteiger partial charge in [0.2, 0.25) is 0 Å². The van der Waals surface area contributed by atoms with Crippen molar-refractivity contribution < 1.29 is 18.7 Å². The summed E-state index contributed by atoms with van der Waals surface area (Å²) in [5, 5.41) is 9.39. The van der Waals surface area contributed by atoms with Crippen LogP contribution in [0, 0.1) is 12.7 Å². The average molecular weight is 491 g/mol. The van der Waals surface area contributed by atoms with Crippen LogP contribution in [0.3, 0.4) is 0 Å². The fourth-order valence-corrected chi connectivity index (χ4v) is 4.05. The summed E-state index contributed by atoms with van der Waals surface area (Å²) in [4.78, 5) is 17.0. The van der Waals surface area contributed by atoms with Crippen LogP contribution < -0.4 is 20.7 Å². The molecule has 1 aromatic heterocycles. The van der Waals surface area contributed by atoms with E-state index in [4.69, 9.17) is 33.3 Å². The number of thiocarbonyl (C=S) groups is 1. The molecule has 0 bridgehead atoms. The van der Waals surface area contributed by atoms with Gasteiger partial charge >= 0.3 is 0 Å². The second kappa shape index (κ2) is 10.5. The zero-order valence-corrected chi connectivity index (χ0v) is 19.6. The molecule has 7 nitrogen and oxygen atoms in total. The van der Waals surface area contributed by atoms with Crippen LogP contribution in [-0.2, 0) is 16.1 Å². The number of hydrogen-bond donors (Lipinski definition) is 3. The molecule has 0 saturated carbocycles. The number of rotatable bonds is 8. The van der Waals surface area contributed by atoms with Crippen LogP contribution in [0.1, 0.15) is 24.0 Å². The maximum atomic E-state index is 13.8. The van der Waals surface area contributed by atoms with Crippen molar-refractivity contribution >= 4 is 40.4 Å². The molecular formula is C23H24ClFN4O3S. The van der Waals surface area contributed by atoms with Crippen molar-refractivity contribution in [3.05, 3.63) is 63.8 Å². The van der Waals surface area contributed by atoms with Crippen LogP contribution in [0.25, 0.3) is 0 Å². The number of ether oxygens (including phenoxy) is 2. The van der Waals surface area contributed by atoms with Crippen molar-refractivity contribution in [2.75, 3.05) is 25.1 Å². The molecule has 2 aromatic rings. The topological polar surface area (TPSA) is 84.5 Å². The number of carbonyl (C=O) groups is 1. The SMILES string of the molecule is Cc1c(Cl)cc(F)cc1NC(=S)C1=C(NCc2ccncc2OCC2CCO2)CCNC1=O. The third-order valence-corrected chi connectivity index (χ3v) is 6.25. The van der Waals surface area contributed by atoms with Gasteiger partial charge in [-0.15, -0.1) is 0 Å². The van der Waals surface area contributed by atoms with E-state index >= 15 is 0 Å². The number of nitrogens with zero attached hydrogens (tertiary/aromatic N) is 1. The van der Waals surface area contributed by atoms with E-state index in [-0.39, 0.29) is 22.0 Å². The zero-order valence-electron chi connectivity index (χ0n) is 18.0. The highest BCUT2D eigenvalue weighted by Crippen LogP contribution is 2.27. The van der Waals surface area contributed by atoms with Gasteiger partial charge in [-0.1, -0.05) is 23.8 Å². The van der Waals surface area contributed by atoms with Gasteiger partial charge in [0.15, 0.2) is 0 Å². The third-order valence-electron chi connectivity index (χ3n) is 5.55. The molecule has 1 saturated heterocycles. The lowest BCUT2D eigenvalue weighted by molar-refractivity contribution is -0.117. The third kappa shape index (κ3) is 5.61. The normalized spacial score (nSPS) is 17.8. The molecule has 1 fully saturated rings. The van der Waals surface area contributed by atoms with E-state index in [0.717, 1.165) is 18.6 Å². The summed E-state index contributed by atoms with van der Waals surface area (Å²) in [5.74, 6) is -0.128. The number of benzene rings is 1. The van der Waals surface area contributed by atoms with Gasteiger partial charge in [-0.05, 0) is 30.7 Å². The fraction of sp³-hybridized carbons (Fsp3) is 0.348. The van der Waals surface area contributed by atoms with Crippen molar-refractivity contribution in [1.29, 1.82) is 0 Å². The van der Waals surface area contributed by atoms with E-state index < -0.39 is 5.82 Å². The average Bonchev–Trinajstić information content (AvgIpc) is 2.75. The number of pyridine rings is 1. The Morgan fingerprint density at radius 2 is 2.27 bits per heavy atom. The van der Waals surface area contributed by atoms with Crippen molar-refractivity contribution in [1.82, 2.24) is 15.6 Å². The van der Waals surface area contributed by atoms with Gasteiger partial charge in [-0.25, -0.2) is 4.39 Å². The minimum atomic E-state index is -0.492. The number of amides is 1. The molecule has 174 valence electrons. The molecule has 0 spiro atoms. The molecule has 3 N–H and O–H groups in total. The van der Waals surface area contributed by atoms with Crippen LogP contribution >= 0.6 is 23.8 Å². The van der Waals surface area contributed by atoms with E-state index in [2.05, 4.69) is 20.9 Å². The highest BCUT2D eigenvalue weighted by atomic mass is 35.5. The molecule has 0 radical (unpaired) electrons. The van der Waals surface area contributed by atoms with Gasteiger partial charge in [0.05, 0.1) is 17.9 Å². The van der Waals surface area contributed by atoms with Crippen molar-refractivity contribution in [2.45, 2.75) is 32.4 Å². The summed E-state index contributed by atoms with van der Waals surface area (Å²) < 4.78 is 25.1. The highest BCUT2D eigenvalue weighted by molar-refractivity contribution is 7.81. The fourth-order valence-electron chi connectivity index (χ4n) is 3.51. The zero-order chi connectivity index (χ0) is 23.4. The summed E-state index contributed by atoms with van der Waals surface area (Å²) in [7, 11) is 0. The van der Waals surface area contributed by atoms with E-state index in [1.165, 1.54) is 12.1 Å². The molecule has 4 rings (SSSR count). The Morgan fingerprint density at radius 3 is 3.03 bits per heavy atom. The van der Waals surface area contributed by atoms with Crippen LogP contribution in [0.5, 0.6) is 5.75 Å². The monoisotopic (exact) mass is 490 g/mol. The number of aromatic nitrogens is 1. The molecule has 0 aliphatic carbocycles. The minimum Gasteiger partial charge on any atom is -0.489 e. The van der Waals surface area contributed by atoms with E-state index in [0.29, 0.717) is 54.4 Å². The molecule has 33 heavy (non-hydrogen) atoms. The standard InChI is InChI=1S/C23H24ClFN4O3S/c1-13-17(24)8-15(25)9-19(13)29-23(33)21-18(3-6-27-22(21)30)28-10-14-2-5-26-11-20(14)32-12-16-4-7-31-16/h2,5,8-9,11,16,28H,3-4,6-7,10,12H2,1H3,(H,27,30)(H,29,33).